The Morgan fingerprint density at radius 2 is 0.659 bits per heavy atom. The molecular weight excluding hydrogens is 516 g/mol. The summed E-state index contributed by atoms with van der Waals surface area (Å²) >= 11 is 0. The lowest BCUT2D eigenvalue weighted by Gasteiger charge is -2.28. The Morgan fingerprint density at radius 1 is 0.439 bits per heavy atom. The molecule has 4 N–H and O–H groups in total. The van der Waals surface area contributed by atoms with Crippen LogP contribution in [0.5, 0.6) is 0 Å². The maximum Gasteiger partial charge on any atom is 0.410 e. The van der Waals surface area contributed by atoms with Crippen LogP contribution in [0.15, 0.2) is 0 Å². The van der Waals surface area contributed by atoms with Gasteiger partial charge in [0.25, 0.3) is 0 Å². The molecule has 41 heavy (non-hydrogen) atoms. The highest BCUT2D eigenvalue weighted by atomic mass is 16.6. The number of rotatable bonds is 24. The van der Waals surface area contributed by atoms with Crippen LogP contribution in [0.25, 0.3) is 0 Å². The molecule has 0 radical (unpaired) electrons. The second kappa shape index (κ2) is 24.0. The van der Waals surface area contributed by atoms with E-state index in [4.69, 9.17) is 20.9 Å². The first-order valence-corrected chi connectivity index (χ1v) is 16.8. The Labute approximate surface area is 253 Å². The van der Waals surface area contributed by atoms with Gasteiger partial charge in [-0.1, -0.05) is 70.6 Å². The normalized spacial score (nSPS) is 11.9. The first-order valence-electron chi connectivity index (χ1n) is 16.8. The Hall–Kier alpha value is -1.54. The fraction of sp³-hybridized carbons (Fsp3) is 0.939. The van der Waals surface area contributed by atoms with Gasteiger partial charge in [-0.2, -0.15) is 0 Å². The zero-order chi connectivity index (χ0) is 31.0. The van der Waals surface area contributed by atoms with Crippen molar-refractivity contribution in [2.24, 2.45) is 11.5 Å². The van der Waals surface area contributed by atoms with E-state index in [2.05, 4.69) is 0 Å². The third-order valence-electron chi connectivity index (χ3n) is 6.92. The molecule has 0 saturated heterocycles. The maximum absolute atomic E-state index is 12.8. The Kier molecular flexibility index (Phi) is 23.1. The van der Waals surface area contributed by atoms with E-state index in [0.717, 1.165) is 123 Å². The van der Waals surface area contributed by atoms with E-state index in [1.54, 1.807) is 0 Å². The lowest BCUT2D eigenvalue weighted by molar-refractivity contribution is 0.0231. The summed E-state index contributed by atoms with van der Waals surface area (Å²) in [6, 6.07) is 0. The number of nitrogens with zero attached hydrogens (tertiary/aromatic N) is 2. The van der Waals surface area contributed by atoms with Crippen LogP contribution >= 0.6 is 0 Å². The first-order chi connectivity index (χ1) is 19.4. The van der Waals surface area contributed by atoms with Crippen molar-refractivity contribution in [3.63, 3.8) is 0 Å². The van der Waals surface area contributed by atoms with E-state index < -0.39 is 11.2 Å². The van der Waals surface area contributed by atoms with Gasteiger partial charge in [0.2, 0.25) is 0 Å². The second-order valence-corrected chi connectivity index (χ2v) is 13.5. The highest BCUT2D eigenvalue weighted by Crippen LogP contribution is 2.16. The molecule has 0 spiro atoms. The van der Waals surface area contributed by atoms with Gasteiger partial charge >= 0.3 is 12.2 Å². The van der Waals surface area contributed by atoms with Crippen LogP contribution in [0, 0.1) is 0 Å². The van der Waals surface area contributed by atoms with Crippen molar-refractivity contribution in [1.29, 1.82) is 0 Å². The zero-order valence-electron chi connectivity index (χ0n) is 27.9. The first kappa shape index (κ1) is 39.5. The molecule has 0 aromatic carbocycles. The number of hydrogen-bond donors (Lipinski definition) is 2. The number of unbranched alkanes of at least 4 members (excludes halogenated alkanes) is 14. The Morgan fingerprint density at radius 3 is 0.878 bits per heavy atom. The van der Waals surface area contributed by atoms with Gasteiger partial charge in [-0.3, -0.25) is 0 Å². The third kappa shape index (κ3) is 25.9. The molecule has 0 aliphatic rings. The molecule has 0 aliphatic carbocycles. The Bertz CT molecular complexity index is 646. The molecule has 0 aromatic heterocycles. The summed E-state index contributed by atoms with van der Waals surface area (Å²) in [5.74, 6) is 0. The molecule has 0 aliphatic heterocycles. The zero-order valence-corrected chi connectivity index (χ0v) is 27.9. The van der Waals surface area contributed by atoms with E-state index >= 15 is 0 Å². The van der Waals surface area contributed by atoms with Crippen molar-refractivity contribution in [3.8, 4) is 0 Å². The molecule has 0 saturated carbocycles. The van der Waals surface area contributed by atoms with Crippen molar-refractivity contribution in [2.75, 3.05) is 39.3 Å². The van der Waals surface area contributed by atoms with Crippen LogP contribution in [-0.4, -0.2) is 72.5 Å². The van der Waals surface area contributed by atoms with E-state index in [9.17, 15) is 9.59 Å². The SMILES string of the molecule is CC(C)(C)OC(=O)N(CCCCCCCN)CCCCCCCCN(CCCCCCCCN)C(=O)OC(C)(C)C. The van der Waals surface area contributed by atoms with Crippen molar-refractivity contribution < 1.29 is 19.1 Å². The molecule has 8 heteroatoms. The van der Waals surface area contributed by atoms with E-state index in [-0.39, 0.29) is 12.2 Å². The lowest BCUT2D eigenvalue weighted by atomic mass is 10.1. The van der Waals surface area contributed by atoms with Gasteiger partial charge in [-0.25, -0.2) is 9.59 Å². The minimum atomic E-state index is -0.478. The van der Waals surface area contributed by atoms with Gasteiger partial charge in [0, 0.05) is 26.2 Å². The summed E-state index contributed by atoms with van der Waals surface area (Å²) in [5, 5.41) is 0. The standard InChI is InChI=1S/C33H68N4O4/c1-32(2,3)40-30(38)36(26-20-14-8-7-12-18-24-34)27-21-15-9-10-16-22-28-37(31(39)41-33(4,5)6)29-23-17-11-13-19-25-35/h7-29,34-35H2,1-6H3. The van der Waals surface area contributed by atoms with Crippen LogP contribution in [0.1, 0.15) is 151 Å². The molecule has 0 aromatic rings. The van der Waals surface area contributed by atoms with Gasteiger partial charge < -0.3 is 30.7 Å². The van der Waals surface area contributed by atoms with Gasteiger partial charge in [-0.15, -0.1) is 0 Å². The Balaban J connectivity index is 4.39. The molecule has 0 heterocycles. The minimum absolute atomic E-state index is 0.192. The summed E-state index contributed by atoms with van der Waals surface area (Å²) in [5.41, 5.74) is 10.2. The fourth-order valence-corrected chi connectivity index (χ4v) is 4.69. The average molecular weight is 585 g/mol. The van der Waals surface area contributed by atoms with E-state index in [0.29, 0.717) is 0 Å². The van der Waals surface area contributed by atoms with E-state index in [1.165, 1.54) is 25.7 Å². The second-order valence-electron chi connectivity index (χ2n) is 13.5. The highest BCUT2D eigenvalue weighted by Gasteiger charge is 2.22. The molecule has 2 amide bonds. The van der Waals surface area contributed by atoms with Gasteiger partial charge in [0.1, 0.15) is 11.2 Å². The van der Waals surface area contributed by atoms with Crippen LogP contribution < -0.4 is 11.5 Å². The number of amides is 2. The minimum Gasteiger partial charge on any atom is -0.444 e. The summed E-state index contributed by atoms with van der Waals surface area (Å²) in [7, 11) is 0. The highest BCUT2D eigenvalue weighted by molar-refractivity contribution is 5.68. The number of hydrogen-bond acceptors (Lipinski definition) is 6. The average Bonchev–Trinajstić information content (AvgIpc) is 2.86. The van der Waals surface area contributed by atoms with Gasteiger partial charge in [0.15, 0.2) is 0 Å². The van der Waals surface area contributed by atoms with Crippen LogP contribution in [0.2, 0.25) is 0 Å². The third-order valence-corrected chi connectivity index (χ3v) is 6.92. The molecule has 0 rings (SSSR count). The molecule has 244 valence electrons. The van der Waals surface area contributed by atoms with Gasteiger partial charge in [-0.05, 0) is 93.2 Å². The number of carbonyl (C=O) groups excluding carboxylic acids is 2. The molecule has 8 nitrogen and oxygen atoms in total. The lowest BCUT2D eigenvalue weighted by Crippen LogP contribution is -2.38. The number of nitrogens with two attached hydrogens (primary N) is 2. The van der Waals surface area contributed by atoms with Gasteiger partial charge in [0.05, 0.1) is 0 Å². The largest absolute Gasteiger partial charge is 0.444 e. The van der Waals surface area contributed by atoms with Crippen molar-refractivity contribution >= 4 is 12.2 Å². The predicted molar refractivity (Wildman–Crippen MR) is 172 cm³/mol. The van der Waals surface area contributed by atoms with Crippen LogP contribution in [0.3, 0.4) is 0 Å². The predicted octanol–water partition coefficient (Wildman–Crippen LogP) is 8.01. The van der Waals surface area contributed by atoms with Crippen LogP contribution in [-0.2, 0) is 9.47 Å². The summed E-state index contributed by atoms with van der Waals surface area (Å²) in [6.45, 7) is 16.1. The van der Waals surface area contributed by atoms with Crippen molar-refractivity contribution in [3.05, 3.63) is 0 Å². The summed E-state index contributed by atoms with van der Waals surface area (Å²) < 4.78 is 11.3. The number of ether oxygens (including phenoxy) is 2. The van der Waals surface area contributed by atoms with Crippen LogP contribution in [0.4, 0.5) is 9.59 Å². The number of carbonyl (C=O) groups is 2. The quantitative estimate of drug-likeness (QED) is 0.111. The van der Waals surface area contributed by atoms with Crippen molar-refractivity contribution in [2.45, 2.75) is 162 Å². The topological polar surface area (TPSA) is 111 Å². The fourth-order valence-electron chi connectivity index (χ4n) is 4.69. The molecule has 0 bridgehead atoms. The molecular formula is C33H68N4O4. The summed E-state index contributed by atoms with van der Waals surface area (Å²) in [4.78, 5) is 29.3. The monoisotopic (exact) mass is 585 g/mol. The summed E-state index contributed by atoms with van der Waals surface area (Å²) in [6.07, 6.45) is 18.4. The molecule has 0 atom stereocenters. The maximum atomic E-state index is 12.8. The molecule has 0 fully saturated rings. The molecule has 0 unspecified atom stereocenters. The smallest absolute Gasteiger partial charge is 0.410 e. The van der Waals surface area contributed by atoms with Crippen molar-refractivity contribution in [1.82, 2.24) is 9.80 Å². The van der Waals surface area contributed by atoms with E-state index in [1.807, 2.05) is 51.3 Å².